The number of nitrogens with one attached hydrogen (secondary N) is 1. The second-order valence-electron chi connectivity index (χ2n) is 6.36. The molecule has 2 heterocycles. The van der Waals surface area contributed by atoms with Gasteiger partial charge >= 0.3 is 5.97 Å². The Kier molecular flexibility index (Phi) is 5.84. The zero-order chi connectivity index (χ0) is 18.4. The van der Waals surface area contributed by atoms with Crippen LogP contribution in [0.25, 0.3) is 0 Å². The van der Waals surface area contributed by atoms with Crippen LogP contribution in [0.5, 0.6) is 0 Å². The smallest absolute Gasteiger partial charge is 0.303 e. The molecule has 1 N–H and O–H groups in total. The van der Waals surface area contributed by atoms with E-state index < -0.39 is 11.4 Å². The topological polar surface area (TPSA) is 85.9 Å². The Bertz CT molecular complexity index is 764. The molecule has 5 nitrogen and oxygen atoms in total. The summed E-state index contributed by atoms with van der Waals surface area (Å²) in [4.78, 5) is 10.8. The highest BCUT2D eigenvalue weighted by Crippen LogP contribution is 2.45. The standard InChI is InChI=1S/C20H21N3O2/c1-4-14(2)19-17(11-16-7-8-18(19)23-16)20(12-21,13-22)9-5-6-10-25-15(3)24/h11,16,18-19,23H,1,7-10H2,2-3H3/t16?,18?,19-/m1/s1. The van der Waals surface area contributed by atoms with E-state index in [2.05, 4.69) is 41.6 Å². The number of carbonyl (C=O) groups excluding carboxylic acids is 1. The number of carbonyl (C=O) groups is 1. The Labute approximate surface area is 148 Å². The molecular formula is C20H21N3O2. The molecule has 0 aliphatic carbocycles. The molecule has 5 heteroatoms. The molecule has 3 atom stereocenters. The van der Waals surface area contributed by atoms with Crippen molar-refractivity contribution in [3.8, 4) is 24.0 Å². The lowest BCUT2D eigenvalue weighted by atomic mass is 9.69. The van der Waals surface area contributed by atoms with Crippen LogP contribution in [0.3, 0.4) is 0 Å². The Balaban J connectivity index is 2.34. The van der Waals surface area contributed by atoms with Crippen LogP contribution in [0.1, 0.15) is 33.1 Å². The van der Waals surface area contributed by atoms with E-state index in [0.717, 1.165) is 24.0 Å². The third-order valence-corrected chi connectivity index (χ3v) is 4.78. The first-order valence-corrected chi connectivity index (χ1v) is 8.23. The first kappa shape index (κ1) is 18.6. The Morgan fingerprint density at radius 1 is 1.36 bits per heavy atom. The van der Waals surface area contributed by atoms with E-state index in [1.807, 2.05) is 13.0 Å². The highest BCUT2D eigenvalue weighted by atomic mass is 16.5. The van der Waals surface area contributed by atoms with E-state index >= 15 is 0 Å². The maximum atomic E-state index is 10.8. The van der Waals surface area contributed by atoms with Gasteiger partial charge in [-0.3, -0.25) is 4.79 Å². The van der Waals surface area contributed by atoms with Gasteiger partial charge in [-0.25, -0.2) is 0 Å². The number of rotatable bonds is 4. The minimum Gasteiger partial charge on any atom is -0.453 e. The third-order valence-electron chi connectivity index (χ3n) is 4.78. The fourth-order valence-electron chi connectivity index (χ4n) is 3.50. The van der Waals surface area contributed by atoms with Crippen molar-refractivity contribution in [3.05, 3.63) is 29.5 Å². The largest absolute Gasteiger partial charge is 0.453 e. The molecule has 0 aromatic heterocycles. The van der Waals surface area contributed by atoms with Gasteiger partial charge in [0, 0.05) is 31.3 Å². The highest BCUT2D eigenvalue weighted by molar-refractivity contribution is 5.66. The summed E-state index contributed by atoms with van der Waals surface area (Å²) >= 11 is 0. The Morgan fingerprint density at radius 2 is 2.08 bits per heavy atom. The van der Waals surface area contributed by atoms with E-state index in [1.54, 1.807) is 0 Å². The fourth-order valence-corrected chi connectivity index (χ4v) is 3.50. The second-order valence-corrected chi connectivity index (χ2v) is 6.36. The number of esters is 1. The van der Waals surface area contributed by atoms with E-state index in [0.29, 0.717) is 0 Å². The van der Waals surface area contributed by atoms with Crippen LogP contribution >= 0.6 is 0 Å². The van der Waals surface area contributed by atoms with Gasteiger partial charge in [0.1, 0.15) is 0 Å². The lowest BCUT2D eigenvalue weighted by molar-refractivity contribution is -0.139. The number of hydrogen-bond donors (Lipinski definition) is 1. The fraction of sp³-hybridized carbons (Fsp3) is 0.500. The molecular weight excluding hydrogens is 314 g/mol. The van der Waals surface area contributed by atoms with Gasteiger partial charge in [0.25, 0.3) is 0 Å². The van der Waals surface area contributed by atoms with Crippen molar-refractivity contribution in [3.63, 3.8) is 0 Å². The van der Waals surface area contributed by atoms with Gasteiger partial charge in [-0.1, -0.05) is 24.5 Å². The lowest BCUT2D eigenvalue weighted by Gasteiger charge is -2.36. The highest BCUT2D eigenvalue weighted by Gasteiger charge is 2.46. The molecule has 2 rings (SSSR count). The predicted molar refractivity (Wildman–Crippen MR) is 92.5 cm³/mol. The molecule has 0 radical (unpaired) electrons. The minimum absolute atomic E-state index is 0.0386. The first-order valence-electron chi connectivity index (χ1n) is 8.23. The molecule has 2 aliphatic heterocycles. The SMILES string of the molecule is C=C=C(C)[C@@H]1C(C(C#N)(C#N)CC#CCOC(C)=O)=CC2CCC1N2. The van der Waals surface area contributed by atoms with Crippen LogP contribution in [0, 0.1) is 45.8 Å². The van der Waals surface area contributed by atoms with E-state index in [9.17, 15) is 15.3 Å². The monoisotopic (exact) mass is 335 g/mol. The van der Waals surface area contributed by atoms with Gasteiger partial charge < -0.3 is 10.1 Å². The molecule has 2 bridgehead atoms. The average molecular weight is 335 g/mol. The van der Waals surface area contributed by atoms with Gasteiger partial charge in [0.2, 0.25) is 0 Å². The number of hydrogen-bond acceptors (Lipinski definition) is 5. The molecule has 0 saturated carbocycles. The summed E-state index contributed by atoms with van der Waals surface area (Å²) in [5, 5.41) is 23.1. The average Bonchev–Trinajstić information content (AvgIpc) is 2.98. The van der Waals surface area contributed by atoms with Gasteiger partial charge in [-0.05, 0) is 30.9 Å². The Hall–Kier alpha value is -2.77. The zero-order valence-electron chi connectivity index (χ0n) is 14.6. The van der Waals surface area contributed by atoms with Crippen molar-refractivity contribution < 1.29 is 9.53 Å². The molecule has 0 spiro atoms. The summed E-state index contributed by atoms with van der Waals surface area (Å²) in [5.41, 5.74) is 3.32. The molecule has 25 heavy (non-hydrogen) atoms. The minimum atomic E-state index is -1.32. The molecule has 1 saturated heterocycles. The van der Waals surface area contributed by atoms with Crippen LogP contribution < -0.4 is 5.32 Å². The Morgan fingerprint density at radius 3 is 2.68 bits per heavy atom. The third kappa shape index (κ3) is 3.84. The van der Waals surface area contributed by atoms with Crippen LogP contribution in [0.15, 0.2) is 29.5 Å². The van der Waals surface area contributed by atoms with E-state index in [-0.39, 0.29) is 31.0 Å². The number of fused-ring (bicyclic) bond motifs is 2. The summed E-state index contributed by atoms with van der Waals surface area (Å²) in [5.74, 6) is 5.04. The van der Waals surface area contributed by atoms with E-state index in [4.69, 9.17) is 4.74 Å². The van der Waals surface area contributed by atoms with Crippen molar-refractivity contribution in [2.45, 2.75) is 45.2 Å². The quantitative estimate of drug-likeness (QED) is 0.369. The van der Waals surface area contributed by atoms with Gasteiger partial charge in [-0.2, -0.15) is 10.5 Å². The van der Waals surface area contributed by atoms with Crippen molar-refractivity contribution in [1.29, 1.82) is 10.5 Å². The van der Waals surface area contributed by atoms with Crippen molar-refractivity contribution in [2.24, 2.45) is 11.3 Å². The molecule has 1 fully saturated rings. The molecule has 2 aliphatic rings. The van der Waals surface area contributed by atoms with Crippen LogP contribution in [-0.2, 0) is 9.53 Å². The van der Waals surface area contributed by atoms with Crippen LogP contribution in [0.2, 0.25) is 0 Å². The van der Waals surface area contributed by atoms with Gasteiger partial charge in [-0.15, -0.1) is 5.73 Å². The number of nitrogens with zero attached hydrogens (tertiary/aromatic N) is 2. The van der Waals surface area contributed by atoms with Crippen LogP contribution in [0.4, 0.5) is 0 Å². The van der Waals surface area contributed by atoms with Crippen molar-refractivity contribution >= 4 is 5.97 Å². The molecule has 0 aromatic carbocycles. The van der Waals surface area contributed by atoms with Gasteiger partial charge in [0.05, 0.1) is 12.1 Å². The summed E-state index contributed by atoms with van der Waals surface area (Å²) < 4.78 is 4.76. The second kappa shape index (κ2) is 7.87. The molecule has 0 amide bonds. The number of ether oxygens (including phenoxy) is 1. The zero-order valence-corrected chi connectivity index (χ0v) is 14.6. The maximum Gasteiger partial charge on any atom is 0.303 e. The first-order chi connectivity index (χ1) is 12.0. The van der Waals surface area contributed by atoms with Crippen molar-refractivity contribution in [1.82, 2.24) is 5.32 Å². The van der Waals surface area contributed by atoms with Crippen molar-refractivity contribution in [2.75, 3.05) is 6.61 Å². The molecule has 128 valence electrons. The summed E-state index contributed by atoms with van der Waals surface area (Å²) in [6.45, 7) is 6.93. The lowest BCUT2D eigenvalue weighted by Crippen LogP contribution is -2.44. The predicted octanol–water partition coefficient (Wildman–Crippen LogP) is 2.38. The molecule has 0 aromatic rings. The summed E-state index contributed by atoms with van der Waals surface area (Å²) in [6.07, 6.45) is 4.06. The summed E-state index contributed by atoms with van der Waals surface area (Å²) in [6, 6.07) is 4.74. The van der Waals surface area contributed by atoms with Gasteiger partial charge in [0.15, 0.2) is 12.0 Å². The van der Waals surface area contributed by atoms with E-state index in [1.165, 1.54) is 6.92 Å². The van der Waals surface area contributed by atoms with Crippen LogP contribution in [-0.4, -0.2) is 24.7 Å². The maximum absolute atomic E-state index is 10.8. The molecule has 2 unspecified atom stereocenters. The number of nitriles is 2. The normalized spacial score (nSPS) is 23.8. The summed E-state index contributed by atoms with van der Waals surface area (Å²) in [7, 11) is 0.